The van der Waals surface area contributed by atoms with Gasteiger partial charge in [0.15, 0.2) is 0 Å². The average Bonchev–Trinajstić information content (AvgIpc) is 2.34. The average molecular weight is 349 g/mol. The summed E-state index contributed by atoms with van der Waals surface area (Å²) in [5.41, 5.74) is 7.16. The summed E-state index contributed by atoms with van der Waals surface area (Å²) in [5, 5.41) is 1.04. The van der Waals surface area contributed by atoms with Crippen LogP contribution in [0.4, 0.5) is 4.39 Å². The molecule has 0 aliphatic heterocycles. The van der Waals surface area contributed by atoms with Crippen LogP contribution in [0, 0.1) is 5.82 Å². The molecular weight excluding hydrogens is 340 g/mol. The summed E-state index contributed by atoms with van der Waals surface area (Å²) in [4.78, 5) is 0. The zero-order valence-electron chi connectivity index (χ0n) is 9.13. The molecule has 18 heavy (non-hydrogen) atoms. The zero-order valence-corrected chi connectivity index (χ0v) is 12.2. The Bertz CT molecular complexity index is 572. The minimum Gasteiger partial charge on any atom is -0.320 e. The molecule has 1 nitrogen and oxygen atoms in total. The number of hydrogen-bond donors (Lipinski definition) is 1. The van der Waals surface area contributed by atoms with Crippen LogP contribution in [-0.4, -0.2) is 0 Å². The first kappa shape index (κ1) is 13.8. The van der Waals surface area contributed by atoms with Gasteiger partial charge in [-0.1, -0.05) is 35.3 Å². The van der Waals surface area contributed by atoms with Gasteiger partial charge in [0, 0.05) is 15.1 Å². The fourth-order valence-corrected chi connectivity index (χ4v) is 2.24. The molecule has 0 spiro atoms. The highest BCUT2D eigenvalue weighted by Gasteiger charge is 2.15. The minimum atomic E-state index is -0.576. The molecule has 0 aliphatic carbocycles. The molecule has 0 aromatic heterocycles. The SMILES string of the molecule is NC(c1ccc(Cl)cc1)c1cc(Cl)c(Br)cc1F. The maximum atomic E-state index is 13.9. The highest BCUT2D eigenvalue weighted by atomic mass is 79.9. The van der Waals surface area contributed by atoms with Crippen LogP contribution in [0.3, 0.4) is 0 Å². The van der Waals surface area contributed by atoms with Gasteiger partial charge in [0.2, 0.25) is 0 Å². The van der Waals surface area contributed by atoms with E-state index in [1.807, 2.05) is 0 Å². The van der Waals surface area contributed by atoms with Crippen molar-refractivity contribution in [1.29, 1.82) is 0 Å². The Morgan fingerprint density at radius 1 is 1.11 bits per heavy atom. The van der Waals surface area contributed by atoms with Crippen LogP contribution in [0.1, 0.15) is 17.2 Å². The topological polar surface area (TPSA) is 26.0 Å². The molecule has 0 bridgehead atoms. The number of nitrogens with two attached hydrogens (primary N) is 1. The standard InChI is InChI=1S/C13H9BrCl2FN/c14-10-6-12(17)9(5-11(10)16)13(18)7-1-3-8(15)4-2-7/h1-6,13H,18H2. The Morgan fingerprint density at radius 2 is 1.72 bits per heavy atom. The van der Waals surface area contributed by atoms with Crippen molar-refractivity contribution in [3.05, 3.63) is 67.9 Å². The van der Waals surface area contributed by atoms with Gasteiger partial charge in [-0.2, -0.15) is 0 Å². The molecule has 0 saturated carbocycles. The largest absolute Gasteiger partial charge is 0.320 e. The third-order valence-corrected chi connectivity index (χ3v) is 4.05. The Hall–Kier alpha value is -0.610. The highest BCUT2D eigenvalue weighted by molar-refractivity contribution is 9.10. The van der Waals surface area contributed by atoms with Gasteiger partial charge in [-0.15, -0.1) is 0 Å². The molecule has 0 saturated heterocycles. The molecule has 0 heterocycles. The van der Waals surface area contributed by atoms with Gasteiger partial charge >= 0.3 is 0 Å². The Labute approximate surface area is 123 Å². The number of rotatable bonds is 2. The number of hydrogen-bond acceptors (Lipinski definition) is 1. The smallest absolute Gasteiger partial charge is 0.129 e. The molecule has 0 aliphatic rings. The van der Waals surface area contributed by atoms with Crippen molar-refractivity contribution in [2.45, 2.75) is 6.04 Å². The van der Waals surface area contributed by atoms with Crippen LogP contribution >= 0.6 is 39.1 Å². The predicted molar refractivity (Wildman–Crippen MR) is 76.6 cm³/mol. The molecule has 94 valence electrons. The van der Waals surface area contributed by atoms with Crippen molar-refractivity contribution >= 4 is 39.1 Å². The van der Waals surface area contributed by atoms with Gasteiger partial charge < -0.3 is 5.73 Å². The van der Waals surface area contributed by atoms with Gasteiger partial charge in [-0.05, 0) is 45.8 Å². The van der Waals surface area contributed by atoms with Crippen LogP contribution in [0.25, 0.3) is 0 Å². The molecule has 0 fully saturated rings. The van der Waals surface area contributed by atoms with Crippen LogP contribution < -0.4 is 5.73 Å². The van der Waals surface area contributed by atoms with Crippen molar-refractivity contribution in [2.24, 2.45) is 5.73 Å². The van der Waals surface area contributed by atoms with E-state index >= 15 is 0 Å². The number of halogens is 4. The van der Waals surface area contributed by atoms with E-state index in [-0.39, 0.29) is 0 Å². The lowest BCUT2D eigenvalue weighted by molar-refractivity contribution is 0.599. The van der Waals surface area contributed by atoms with Gasteiger partial charge in [-0.3, -0.25) is 0 Å². The first-order valence-electron chi connectivity index (χ1n) is 5.14. The van der Waals surface area contributed by atoms with Crippen LogP contribution in [-0.2, 0) is 0 Å². The first-order chi connectivity index (χ1) is 8.49. The second-order valence-electron chi connectivity index (χ2n) is 3.82. The summed E-state index contributed by atoms with van der Waals surface area (Å²) < 4.78 is 14.4. The third-order valence-electron chi connectivity index (χ3n) is 2.60. The molecule has 1 unspecified atom stereocenters. The third kappa shape index (κ3) is 2.86. The fourth-order valence-electron chi connectivity index (χ4n) is 1.63. The Morgan fingerprint density at radius 3 is 2.33 bits per heavy atom. The lowest BCUT2D eigenvalue weighted by Crippen LogP contribution is -2.13. The van der Waals surface area contributed by atoms with E-state index in [0.29, 0.717) is 20.1 Å². The van der Waals surface area contributed by atoms with Crippen LogP contribution in [0.5, 0.6) is 0 Å². The molecular formula is C13H9BrCl2FN. The summed E-state index contributed by atoms with van der Waals surface area (Å²) in [5.74, 6) is -0.395. The monoisotopic (exact) mass is 347 g/mol. The van der Waals surface area contributed by atoms with E-state index < -0.39 is 11.9 Å². The first-order valence-corrected chi connectivity index (χ1v) is 6.69. The zero-order chi connectivity index (χ0) is 13.3. The predicted octanol–water partition coefficient (Wildman–Crippen LogP) is 4.94. The molecule has 2 aromatic rings. The van der Waals surface area contributed by atoms with Gasteiger partial charge in [-0.25, -0.2) is 4.39 Å². The van der Waals surface area contributed by atoms with E-state index in [2.05, 4.69) is 15.9 Å². The molecule has 2 aromatic carbocycles. The summed E-state index contributed by atoms with van der Waals surface area (Å²) in [6.45, 7) is 0. The maximum Gasteiger partial charge on any atom is 0.129 e. The molecule has 2 N–H and O–H groups in total. The Kier molecular flexibility index (Phi) is 4.28. The highest BCUT2D eigenvalue weighted by Crippen LogP contribution is 2.30. The van der Waals surface area contributed by atoms with Crippen molar-refractivity contribution in [3.8, 4) is 0 Å². The van der Waals surface area contributed by atoms with Crippen molar-refractivity contribution < 1.29 is 4.39 Å². The normalized spacial score (nSPS) is 12.5. The molecule has 0 radical (unpaired) electrons. The summed E-state index contributed by atoms with van der Waals surface area (Å²) in [6, 6.07) is 9.23. The maximum absolute atomic E-state index is 13.9. The van der Waals surface area contributed by atoms with E-state index in [1.54, 1.807) is 24.3 Å². The van der Waals surface area contributed by atoms with Gasteiger partial charge in [0.05, 0.1) is 11.1 Å². The molecule has 0 amide bonds. The lowest BCUT2D eigenvalue weighted by atomic mass is 9.99. The summed E-state index contributed by atoms with van der Waals surface area (Å²) in [6.07, 6.45) is 0. The van der Waals surface area contributed by atoms with Crippen LogP contribution in [0.15, 0.2) is 40.9 Å². The lowest BCUT2D eigenvalue weighted by Gasteiger charge is -2.14. The summed E-state index contributed by atoms with van der Waals surface area (Å²) in [7, 11) is 0. The molecule has 2 rings (SSSR count). The van der Waals surface area contributed by atoms with E-state index in [9.17, 15) is 4.39 Å². The second kappa shape index (κ2) is 5.57. The van der Waals surface area contributed by atoms with Gasteiger partial charge in [0.25, 0.3) is 0 Å². The Balaban J connectivity index is 2.42. The van der Waals surface area contributed by atoms with Crippen molar-refractivity contribution in [3.63, 3.8) is 0 Å². The fraction of sp³-hybridized carbons (Fsp3) is 0.0769. The van der Waals surface area contributed by atoms with Crippen molar-refractivity contribution in [1.82, 2.24) is 0 Å². The van der Waals surface area contributed by atoms with Crippen LogP contribution in [0.2, 0.25) is 10.0 Å². The second-order valence-corrected chi connectivity index (χ2v) is 5.52. The molecule has 1 atom stereocenters. The van der Waals surface area contributed by atoms with E-state index in [0.717, 1.165) is 5.56 Å². The summed E-state index contributed by atoms with van der Waals surface area (Å²) >= 11 is 14.9. The van der Waals surface area contributed by atoms with E-state index in [4.69, 9.17) is 28.9 Å². The number of benzene rings is 2. The minimum absolute atomic E-state index is 0.352. The molecule has 5 heteroatoms. The quantitative estimate of drug-likeness (QED) is 0.764. The van der Waals surface area contributed by atoms with Crippen molar-refractivity contribution in [2.75, 3.05) is 0 Å². The van der Waals surface area contributed by atoms with E-state index in [1.165, 1.54) is 12.1 Å². The van der Waals surface area contributed by atoms with Gasteiger partial charge in [0.1, 0.15) is 5.82 Å².